The first kappa shape index (κ1) is 48.0. The molecule has 1 aliphatic heterocycles. The average molecular weight is 670 g/mol. The van der Waals surface area contributed by atoms with E-state index in [1.54, 1.807) is 27.7 Å². The Morgan fingerprint density at radius 3 is 1.73 bits per heavy atom. The number of ether oxygens (including phenoxy) is 4. The Morgan fingerprint density at radius 2 is 1.38 bits per heavy atom. The Morgan fingerprint density at radius 1 is 0.896 bits per heavy atom. The minimum atomic E-state index is -0.687. The summed E-state index contributed by atoms with van der Waals surface area (Å²) in [6, 6.07) is 12.1. The number of azo groups is 1. The lowest BCUT2D eigenvalue weighted by Crippen LogP contribution is -2.16. The fourth-order valence-electron chi connectivity index (χ4n) is 2.15. The first-order chi connectivity index (χ1) is 22.4. The van der Waals surface area contributed by atoms with Crippen LogP contribution in [0.3, 0.4) is 0 Å². The van der Waals surface area contributed by atoms with Crippen molar-refractivity contribution in [2.45, 2.75) is 105 Å². The van der Waals surface area contributed by atoms with Crippen LogP contribution in [0.15, 0.2) is 84.1 Å². The lowest BCUT2D eigenvalue weighted by molar-refractivity contribution is -0.140. The van der Waals surface area contributed by atoms with Crippen LogP contribution in [-0.2, 0) is 33.3 Å². The molecule has 2 rings (SSSR count). The number of carbonyl (C=O) groups excluding carboxylic acids is 3. The van der Waals surface area contributed by atoms with Gasteiger partial charge in [0.05, 0.1) is 31.4 Å². The van der Waals surface area contributed by atoms with Crippen LogP contribution in [0.4, 0.5) is 0 Å². The molecule has 0 N–H and O–H groups in total. The zero-order chi connectivity index (χ0) is 37.6. The number of epoxide rings is 1. The quantitative estimate of drug-likeness (QED) is 0.0507. The molecular formula is C38H59N3O7. The molecule has 0 aliphatic carbocycles. The van der Waals surface area contributed by atoms with Gasteiger partial charge in [0.25, 0.3) is 0 Å². The minimum Gasteiger partial charge on any atom is -0.463 e. The van der Waals surface area contributed by atoms with Crippen LogP contribution in [0, 0.1) is 11.3 Å². The van der Waals surface area contributed by atoms with Gasteiger partial charge in [0, 0.05) is 17.2 Å². The van der Waals surface area contributed by atoms with Gasteiger partial charge in [-0.1, -0.05) is 89.4 Å². The lowest BCUT2D eigenvalue weighted by atomic mass is 10.1. The van der Waals surface area contributed by atoms with E-state index < -0.39 is 5.54 Å². The molecule has 0 amide bonds. The standard InChI is InChI=1S/C8H15N3.C8H14O2.C8H8.C7H10O3.C7H12O2/c1-7(2,3)10-11-8(4,5)6-9;1-4-5-6-10-8(9)7(2)3;1-2-8-6-4-3-5-7-8;1-5(2)7(8)10-4-6-3-9-6;1-3-5-6-9-7(8)4-2/h1-5H3;2,4-6H2,1,3H3;2-7H,1H2;6H,1,3-4H2,2H3;4H,2-3,5-6H2,1H3. The molecule has 1 aliphatic rings. The summed E-state index contributed by atoms with van der Waals surface area (Å²) >= 11 is 0. The average Bonchev–Trinajstić information content (AvgIpc) is 3.89. The van der Waals surface area contributed by atoms with Crippen molar-refractivity contribution >= 4 is 24.0 Å². The Bertz CT molecular complexity index is 1170. The lowest BCUT2D eigenvalue weighted by Gasteiger charge is -2.13. The fourth-order valence-corrected chi connectivity index (χ4v) is 2.15. The highest BCUT2D eigenvalue weighted by Gasteiger charge is 2.24. The van der Waals surface area contributed by atoms with Crippen LogP contribution in [0.25, 0.3) is 6.08 Å². The van der Waals surface area contributed by atoms with Gasteiger partial charge < -0.3 is 18.9 Å². The van der Waals surface area contributed by atoms with Gasteiger partial charge >= 0.3 is 17.9 Å². The highest BCUT2D eigenvalue weighted by molar-refractivity contribution is 5.87. The van der Waals surface area contributed by atoms with E-state index in [0.29, 0.717) is 37.6 Å². The molecule has 10 heteroatoms. The number of esters is 3. The van der Waals surface area contributed by atoms with Crippen molar-refractivity contribution in [3.8, 4) is 6.07 Å². The van der Waals surface area contributed by atoms with Gasteiger partial charge in [-0.25, -0.2) is 14.4 Å². The molecule has 1 atom stereocenters. The van der Waals surface area contributed by atoms with Crippen LogP contribution in [0.5, 0.6) is 0 Å². The van der Waals surface area contributed by atoms with Gasteiger partial charge in [-0.15, -0.1) is 0 Å². The molecule has 1 fully saturated rings. The first-order valence-corrected chi connectivity index (χ1v) is 16.0. The van der Waals surface area contributed by atoms with E-state index in [4.69, 9.17) is 19.5 Å². The van der Waals surface area contributed by atoms with Gasteiger partial charge in [0.2, 0.25) is 0 Å². The molecule has 0 saturated carbocycles. The Balaban J connectivity index is -0.000000529. The highest BCUT2D eigenvalue weighted by atomic mass is 16.6. The number of hydrogen-bond donors (Lipinski definition) is 0. The van der Waals surface area contributed by atoms with Gasteiger partial charge in [-0.05, 0) is 66.9 Å². The SMILES string of the molecule is C=C(C)C(=O)OCC1CO1.C=C(C)C(=O)OCCCC.C=CC(=O)OCCCC.C=Cc1ccccc1.CC(C)(C)N=NC(C)(C)C#N. The predicted molar refractivity (Wildman–Crippen MR) is 193 cm³/mol. The van der Waals surface area contributed by atoms with Crippen molar-refractivity contribution in [1.82, 2.24) is 0 Å². The third kappa shape index (κ3) is 36.1. The number of nitrogens with zero attached hydrogens (tertiary/aromatic N) is 3. The van der Waals surface area contributed by atoms with Gasteiger partial charge in [0.1, 0.15) is 12.7 Å². The van der Waals surface area contributed by atoms with Crippen LogP contribution < -0.4 is 0 Å². The Labute approximate surface area is 289 Å². The molecule has 268 valence electrons. The van der Waals surface area contributed by atoms with Crippen molar-refractivity contribution in [2.24, 2.45) is 10.2 Å². The van der Waals surface area contributed by atoms with Crippen molar-refractivity contribution < 1.29 is 33.3 Å². The maximum atomic E-state index is 10.7. The van der Waals surface area contributed by atoms with Gasteiger partial charge in [0.15, 0.2) is 5.54 Å². The second-order valence-electron chi connectivity index (χ2n) is 12.0. The molecule has 0 aromatic heterocycles. The number of benzene rings is 1. The summed E-state index contributed by atoms with van der Waals surface area (Å²) < 4.78 is 19.1. The van der Waals surface area contributed by atoms with E-state index in [-0.39, 0.29) is 29.6 Å². The predicted octanol–water partition coefficient (Wildman–Crippen LogP) is 8.79. The Hall–Kier alpha value is -4.36. The van der Waals surface area contributed by atoms with E-state index in [9.17, 15) is 14.4 Å². The number of nitriles is 1. The smallest absolute Gasteiger partial charge is 0.333 e. The van der Waals surface area contributed by atoms with Crippen LogP contribution in [0.2, 0.25) is 0 Å². The second kappa shape index (κ2) is 28.8. The molecule has 10 nitrogen and oxygen atoms in total. The fraction of sp³-hybridized carbons (Fsp3) is 0.526. The van der Waals surface area contributed by atoms with E-state index in [1.165, 1.54) is 11.6 Å². The number of hydrogen-bond acceptors (Lipinski definition) is 10. The second-order valence-corrected chi connectivity index (χ2v) is 12.0. The summed E-state index contributed by atoms with van der Waals surface area (Å²) in [6.07, 6.45) is 7.10. The van der Waals surface area contributed by atoms with Crippen molar-refractivity contribution in [2.75, 3.05) is 26.4 Å². The third-order valence-electron chi connectivity index (χ3n) is 5.05. The Kier molecular flexibility index (Phi) is 28.9. The molecule has 48 heavy (non-hydrogen) atoms. The molecule has 1 aromatic rings. The van der Waals surface area contributed by atoms with Gasteiger partial charge in [-0.3, -0.25) is 0 Å². The molecule has 1 heterocycles. The van der Waals surface area contributed by atoms with E-state index in [2.05, 4.69) is 54.3 Å². The van der Waals surface area contributed by atoms with Crippen molar-refractivity contribution in [3.63, 3.8) is 0 Å². The van der Waals surface area contributed by atoms with Crippen molar-refractivity contribution in [1.29, 1.82) is 5.26 Å². The molecule has 0 bridgehead atoms. The summed E-state index contributed by atoms with van der Waals surface area (Å²) in [6.45, 7) is 32.6. The maximum Gasteiger partial charge on any atom is 0.333 e. The van der Waals surface area contributed by atoms with E-state index in [1.807, 2.05) is 64.1 Å². The zero-order valence-electron chi connectivity index (χ0n) is 30.8. The monoisotopic (exact) mass is 669 g/mol. The molecule has 1 saturated heterocycles. The molecule has 0 radical (unpaired) electrons. The number of unbranched alkanes of at least 4 members (excludes halogenated alkanes) is 2. The zero-order valence-corrected chi connectivity index (χ0v) is 30.8. The third-order valence-corrected chi connectivity index (χ3v) is 5.05. The van der Waals surface area contributed by atoms with E-state index >= 15 is 0 Å². The summed E-state index contributed by atoms with van der Waals surface area (Å²) in [4.78, 5) is 31.7. The molecule has 1 unspecified atom stereocenters. The van der Waals surface area contributed by atoms with Crippen LogP contribution >= 0.6 is 0 Å². The summed E-state index contributed by atoms with van der Waals surface area (Å²) in [5.74, 6) is -0.951. The molecule has 1 aromatic carbocycles. The van der Waals surface area contributed by atoms with Crippen LogP contribution in [-0.4, -0.2) is 61.5 Å². The van der Waals surface area contributed by atoms with Crippen LogP contribution in [0.1, 0.15) is 93.6 Å². The van der Waals surface area contributed by atoms with E-state index in [0.717, 1.165) is 25.7 Å². The molecular weight excluding hydrogens is 610 g/mol. The topological polar surface area (TPSA) is 140 Å². The summed E-state index contributed by atoms with van der Waals surface area (Å²) in [5, 5.41) is 16.5. The number of carbonyl (C=O) groups is 3. The largest absolute Gasteiger partial charge is 0.463 e. The maximum absolute atomic E-state index is 10.7. The highest BCUT2D eigenvalue weighted by Crippen LogP contribution is 2.13. The first-order valence-electron chi connectivity index (χ1n) is 16.0. The minimum absolute atomic E-state index is 0.142. The normalized spacial score (nSPS) is 12.5. The summed E-state index contributed by atoms with van der Waals surface area (Å²) in [5.41, 5.74) is 1.20. The summed E-state index contributed by atoms with van der Waals surface area (Å²) in [7, 11) is 0. The number of rotatable bonds is 13. The molecule has 0 spiro atoms. The van der Waals surface area contributed by atoms with Crippen molar-refractivity contribution in [3.05, 3.63) is 79.4 Å². The van der Waals surface area contributed by atoms with Gasteiger partial charge in [-0.2, -0.15) is 15.5 Å².